The third-order valence-corrected chi connectivity index (χ3v) is 5.06. The molecule has 3 nitrogen and oxygen atoms in total. The zero-order chi connectivity index (χ0) is 17.1. The molecule has 6 heteroatoms. The molecule has 0 bridgehead atoms. The molecule has 1 unspecified atom stereocenters. The Morgan fingerprint density at radius 1 is 1.23 bits per heavy atom. The van der Waals surface area contributed by atoms with Gasteiger partial charge in [-0.2, -0.15) is 0 Å². The van der Waals surface area contributed by atoms with Gasteiger partial charge in [-0.25, -0.2) is 0 Å². The van der Waals surface area contributed by atoms with Crippen LogP contribution >= 0.6 is 23.2 Å². The first-order valence-electron chi connectivity index (χ1n) is 7.56. The third kappa shape index (κ3) is 5.51. The average molecular weight is 364 g/mol. The molecule has 0 aliphatic carbocycles. The van der Waals surface area contributed by atoms with Gasteiger partial charge in [-0.1, -0.05) is 50.0 Å². The lowest BCUT2D eigenvalue weighted by molar-refractivity contribution is -0.0652. The van der Waals surface area contributed by atoms with Crippen molar-refractivity contribution in [3.63, 3.8) is 0 Å². The van der Waals surface area contributed by atoms with Gasteiger partial charge in [-0.05, 0) is 43.5 Å². The Kier molecular flexibility index (Phi) is 6.93. The topological polar surface area (TPSA) is 55.5 Å². The van der Waals surface area contributed by atoms with Crippen LogP contribution in [0, 0.1) is 5.41 Å². The Bertz CT molecular complexity index is 505. The van der Waals surface area contributed by atoms with Crippen LogP contribution in [0.15, 0.2) is 18.2 Å². The first kappa shape index (κ1) is 19.9. The van der Waals surface area contributed by atoms with E-state index in [1.54, 1.807) is 18.2 Å². The molecule has 0 saturated heterocycles. The molecule has 1 aromatic rings. The van der Waals surface area contributed by atoms with Crippen molar-refractivity contribution in [2.24, 2.45) is 11.1 Å². The van der Waals surface area contributed by atoms with Gasteiger partial charge >= 0.3 is 0 Å². The first-order chi connectivity index (χ1) is 9.95. The fourth-order valence-corrected chi connectivity index (χ4v) is 3.62. The van der Waals surface area contributed by atoms with Gasteiger partial charge in [0.15, 0.2) is 14.8 Å². The zero-order valence-corrected chi connectivity index (χ0v) is 16.7. The summed E-state index contributed by atoms with van der Waals surface area (Å²) in [5.41, 5.74) is 6.00. The van der Waals surface area contributed by atoms with E-state index in [1.165, 1.54) is 0 Å². The lowest BCUT2D eigenvalue weighted by Gasteiger charge is -2.38. The van der Waals surface area contributed by atoms with Crippen LogP contribution in [0.5, 0.6) is 0 Å². The normalized spacial score (nSPS) is 16.6. The summed E-state index contributed by atoms with van der Waals surface area (Å²) >= 11 is 12.1. The second-order valence-electron chi connectivity index (χ2n) is 7.20. The Morgan fingerprint density at radius 2 is 1.82 bits per heavy atom. The zero-order valence-electron chi connectivity index (χ0n) is 14.0. The lowest BCUT2D eigenvalue weighted by atomic mass is 9.86. The summed E-state index contributed by atoms with van der Waals surface area (Å²) in [5.74, 6) is 0. The predicted octanol–water partition coefficient (Wildman–Crippen LogP) is 4.29. The molecular formula is C16H27Cl2NO2Si. The number of hydrogen-bond acceptors (Lipinski definition) is 3. The number of benzene rings is 1. The monoisotopic (exact) mass is 363 g/mol. The lowest BCUT2D eigenvalue weighted by Crippen LogP contribution is -2.52. The summed E-state index contributed by atoms with van der Waals surface area (Å²) in [4.78, 5) is 0. The molecule has 1 aromatic carbocycles. The van der Waals surface area contributed by atoms with Crippen molar-refractivity contribution >= 4 is 32.2 Å². The summed E-state index contributed by atoms with van der Waals surface area (Å²) in [6.45, 7) is 10.4. The molecule has 22 heavy (non-hydrogen) atoms. The van der Waals surface area contributed by atoms with Crippen molar-refractivity contribution in [2.75, 3.05) is 0 Å². The second kappa shape index (κ2) is 7.64. The van der Waals surface area contributed by atoms with Gasteiger partial charge in [-0.3, -0.25) is 5.73 Å². The van der Waals surface area contributed by atoms with E-state index in [4.69, 9.17) is 33.4 Å². The largest absolute Gasteiger partial charge is 0.397 e. The highest BCUT2D eigenvalue weighted by Crippen LogP contribution is 2.34. The minimum Gasteiger partial charge on any atom is -0.397 e. The van der Waals surface area contributed by atoms with Crippen LogP contribution in [0.4, 0.5) is 0 Å². The van der Waals surface area contributed by atoms with E-state index < -0.39 is 20.9 Å². The Morgan fingerprint density at radius 3 is 2.27 bits per heavy atom. The van der Waals surface area contributed by atoms with E-state index in [9.17, 15) is 5.11 Å². The highest BCUT2D eigenvalue weighted by Gasteiger charge is 2.38. The van der Waals surface area contributed by atoms with Gasteiger partial charge in [0, 0.05) is 5.56 Å². The average Bonchev–Trinajstić information content (AvgIpc) is 2.37. The van der Waals surface area contributed by atoms with E-state index in [2.05, 4.69) is 20.8 Å². The predicted molar refractivity (Wildman–Crippen MR) is 97.0 cm³/mol. The van der Waals surface area contributed by atoms with Crippen molar-refractivity contribution in [3.05, 3.63) is 33.8 Å². The molecule has 2 atom stereocenters. The minimum atomic E-state index is -1.48. The van der Waals surface area contributed by atoms with Gasteiger partial charge in [0.25, 0.3) is 0 Å². The molecular weight excluding hydrogens is 337 g/mol. The highest BCUT2D eigenvalue weighted by atomic mass is 35.5. The van der Waals surface area contributed by atoms with Crippen molar-refractivity contribution in [1.82, 2.24) is 0 Å². The summed E-state index contributed by atoms with van der Waals surface area (Å²) in [7, 11) is -1.48. The number of hydrogen-bond donors (Lipinski definition) is 2. The second-order valence-corrected chi connectivity index (χ2v) is 10.4. The van der Waals surface area contributed by atoms with Crippen molar-refractivity contribution in [1.29, 1.82) is 0 Å². The van der Waals surface area contributed by atoms with Crippen LogP contribution in [-0.2, 0) is 10.2 Å². The molecule has 0 radical (unpaired) electrons. The molecule has 0 spiro atoms. The summed E-state index contributed by atoms with van der Waals surface area (Å²) < 4.78 is 6.01. The molecule has 0 heterocycles. The summed E-state index contributed by atoms with van der Waals surface area (Å²) in [5, 5.41) is 11.6. The smallest absolute Gasteiger partial charge is 0.173 e. The van der Waals surface area contributed by atoms with E-state index in [-0.39, 0.29) is 5.41 Å². The minimum absolute atomic E-state index is 0.120. The fourth-order valence-electron chi connectivity index (χ4n) is 2.25. The highest BCUT2D eigenvalue weighted by molar-refractivity contribution is 6.48. The van der Waals surface area contributed by atoms with E-state index in [0.29, 0.717) is 22.0 Å². The van der Waals surface area contributed by atoms with Gasteiger partial charge in [0.1, 0.15) is 0 Å². The van der Waals surface area contributed by atoms with Crippen LogP contribution in [0.2, 0.25) is 23.1 Å². The van der Waals surface area contributed by atoms with E-state index in [0.717, 1.165) is 6.42 Å². The Hall–Kier alpha value is -0.103. The van der Waals surface area contributed by atoms with Gasteiger partial charge < -0.3 is 9.53 Å². The van der Waals surface area contributed by atoms with Gasteiger partial charge in [0.2, 0.25) is 0 Å². The van der Waals surface area contributed by atoms with E-state index >= 15 is 0 Å². The molecule has 3 N–H and O–H groups in total. The van der Waals surface area contributed by atoms with Crippen molar-refractivity contribution < 1.29 is 9.53 Å². The maximum atomic E-state index is 10.7. The van der Waals surface area contributed by atoms with Crippen LogP contribution in [0.3, 0.4) is 0 Å². The molecule has 1 rings (SSSR count). The van der Waals surface area contributed by atoms with E-state index in [1.807, 2.05) is 13.1 Å². The summed E-state index contributed by atoms with van der Waals surface area (Å²) in [6.07, 6.45) is 0.595. The Balaban J connectivity index is 3.10. The van der Waals surface area contributed by atoms with Crippen molar-refractivity contribution in [3.8, 4) is 0 Å². The Labute approximate surface area is 145 Å². The van der Waals surface area contributed by atoms with Crippen LogP contribution in [0.1, 0.15) is 39.2 Å². The third-order valence-electron chi connectivity index (χ3n) is 3.46. The maximum absolute atomic E-state index is 10.7. The van der Waals surface area contributed by atoms with Gasteiger partial charge in [-0.15, -0.1) is 0 Å². The van der Waals surface area contributed by atoms with Gasteiger partial charge in [0.05, 0.1) is 16.1 Å². The standard InChI is InChI=1S/C16H27Cl2NO2Si/c1-15(2,3)9-8-14(20)16(19,21-22(4)5)11-6-7-12(17)13(18)10-11/h6-7,10,14,20,22H,8-9,19H2,1-5H3/t14-,16?/m1/s1. The number of halogens is 2. The molecule has 0 saturated carbocycles. The molecule has 0 aromatic heterocycles. The maximum Gasteiger partial charge on any atom is 0.173 e. The molecule has 0 amide bonds. The number of rotatable bonds is 6. The number of nitrogens with two attached hydrogens (primary N) is 1. The molecule has 0 aliphatic heterocycles. The van der Waals surface area contributed by atoms with Crippen LogP contribution in [-0.4, -0.2) is 20.3 Å². The number of aliphatic hydroxyl groups is 1. The number of aliphatic hydroxyl groups excluding tert-OH is 1. The SMILES string of the molecule is C[SiH](C)OC(N)(c1ccc(Cl)c(Cl)c1)[C@H](O)CCC(C)(C)C. The fraction of sp³-hybridized carbons (Fsp3) is 0.625. The molecule has 0 aliphatic rings. The quantitative estimate of drug-likeness (QED) is 0.585. The first-order valence-corrected chi connectivity index (χ1v) is 11.1. The van der Waals surface area contributed by atoms with Crippen molar-refractivity contribution in [2.45, 2.75) is 58.5 Å². The molecule has 126 valence electrons. The molecule has 0 fully saturated rings. The van der Waals surface area contributed by atoms with Crippen LogP contribution < -0.4 is 5.73 Å². The van der Waals surface area contributed by atoms with Crippen LogP contribution in [0.25, 0.3) is 0 Å². The summed E-state index contributed by atoms with van der Waals surface area (Å²) in [6, 6.07) is 5.13.